The highest BCUT2D eigenvalue weighted by atomic mass is 16.5. The number of carbonyl (C=O) groups excluding carboxylic acids is 3. The Kier molecular flexibility index (Phi) is 7.97. The average Bonchev–Trinajstić information content (AvgIpc) is 2.93. The number of hydrogen-bond donors (Lipinski definition) is 1. The fraction of sp³-hybridized carbons (Fsp3) is 0.375. The third kappa shape index (κ3) is 5.62. The molecule has 0 fully saturated rings. The van der Waals surface area contributed by atoms with Gasteiger partial charge in [0.1, 0.15) is 28.6 Å². The number of aryl methyl sites for hydroxylation is 1. The Morgan fingerprint density at radius 2 is 1.83 bits per heavy atom. The molecule has 2 unspecified atom stereocenters. The zero-order valence-electron chi connectivity index (χ0n) is 23.4. The Morgan fingerprint density at radius 1 is 1.05 bits per heavy atom. The van der Waals surface area contributed by atoms with E-state index < -0.39 is 24.0 Å². The number of Topliss-reactive ketones (excluding diaryl/α,β-unsaturated/α-hetero) is 1. The van der Waals surface area contributed by atoms with Crippen LogP contribution < -0.4 is 15.0 Å². The number of benzene rings is 2. The molecule has 0 aliphatic carbocycles. The molecular formula is C32H33NO8. The van der Waals surface area contributed by atoms with Crippen molar-refractivity contribution in [1.82, 2.24) is 4.57 Å². The van der Waals surface area contributed by atoms with E-state index in [2.05, 4.69) is 0 Å². The van der Waals surface area contributed by atoms with E-state index in [1.807, 2.05) is 12.1 Å². The molecule has 2 aliphatic heterocycles. The molecule has 3 heterocycles. The summed E-state index contributed by atoms with van der Waals surface area (Å²) in [5, 5.41) is 12.4. The van der Waals surface area contributed by atoms with Crippen LogP contribution in [0.3, 0.4) is 0 Å². The Hall–Kier alpha value is -4.40. The summed E-state index contributed by atoms with van der Waals surface area (Å²) in [6, 6.07) is 8.59. The number of rotatable bonds is 2. The predicted molar refractivity (Wildman–Crippen MR) is 153 cm³/mol. The third-order valence-electron chi connectivity index (χ3n) is 7.82. The molecule has 1 N–H and O–H groups in total. The van der Waals surface area contributed by atoms with Crippen LogP contribution in [0, 0.1) is 0 Å². The molecule has 1 aromatic heterocycles. The summed E-state index contributed by atoms with van der Waals surface area (Å²) in [6.45, 7) is 1.75. The molecule has 5 rings (SSSR count). The highest BCUT2D eigenvalue weighted by Gasteiger charge is 2.37. The van der Waals surface area contributed by atoms with Crippen LogP contribution in [-0.4, -0.2) is 40.6 Å². The average molecular weight is 560 g/mol. The molecule has 0 spiro atoms. The second-order valence-electron chi connectivity index (χ2n) is 10.7. The van der Waals surface area contributed by atoms with E-state index >= 15 is 0 Å². The van der Waals surface area contributed by atoms with Crippen LogP contribution in [0.4, 0.5) is 0 Å². The summed E-state index contributed by atoms with van der Waals surface area (Å²) in [5.41, 5.74) is 1.06. The molecule has 0 amide bonds. The molecule has 2 aromatic carbocycles. The van der Waals surface area contributed by atoms with Gasteiger partial charge in [-0.05, 0) is 67.8 Å². The van der Waals surface area contributed by atoms with Crippen molar-refractivity contribution in [3.8, 4) is 17.2 Å². The fourth-order valence-electron chi connectivity index (χ4n) is 5.63. The number of phenolic OH excluding ortho intramolecular Hbond substituents is 1. The summed E-state index contributed by atoms with van der Waals surface area (Å²) in [5.74, 6) is -1.65. The van der Waals surface area contributed by atoms with Gasteiger partial charge < -0.3 is 23.9 Å². The van der Waals surface area contributed by atoms with Crippen molar-refractivity contribution in [3.05, 3.63) is 69.0 Å². The topological polar surface area (TPSA) is 121 Å². The minimum Gasteiger partial charge on any atom is -0.507 e. The van der Waals surface area contributed by atoms with Crippen molar-refractivity contribution >= 4 is 34.7 Å². The molecule has 0 bridgehead atoms. The van der Waals surface area contributed by atoms with Crippen LogP contribution in [0.5, 0.6) is 17.2 Å². The zero-order valence-corrected chi connectivity index (χ0v) is 23.4. The SMILES string of the molecule is COc1ccc2cc(C3CC(=O)Oc4cc5c(c(O)c43)C(=O)OC(C)CCCC(=O)CCC/C=C/5)c(=O)n(C)c2c1. The molecule has 9 nitrogen and oxygen atoms in total. The number of aromatic nitrogens is 1. The smallest absolute Gasteiger partial charge is 0.342 e. The fourth-order valence-corrected chi connectivity index (χ4v) is 5.63. The number of esters is 2. The number of pyridine rings is 1. The Bertz CT molecular complexity index is 1630. The van der Waals surface area contributed by atoms with Crippen molar-refractivity contribution in [2.75, 3.05) is 7.11 Å². The summed E-state index contributed by atoms with van der Waals surface area (Å²) in [7, 11) is 3.18. The lowest BCUT2D eigenvalue weighted by Gasteiger charge is -2.28. The van der Waals surface area contributed by atoms with Crippen LogP contribution >= 0.6 is 0 Å². The highest BCUT2D eigenvalue weighted by Crippen LogP contribution is 2.47. The van der Waals surface area contributed by atoms with Gasteiger partial charge in [0.15, 0.2) is 0 Å². The minimum atomic E-state index is -0.852. The molecule has 0 saturated heterocycles. The molecule has 2 atom stereocenters. The third-order valence-corrected chi connectivity index (χ3v) is 7.82. The number of aromatic hydroxyl groups is 1. The Balaban J connectivity index is 1.66. The lowest BCUT2D eigenvalue weighted by atomic mass is 9.83. The zero-order chi connectivity index (χ0) is 29.3. The van der Waals surface area contributed by atoms with Gasteiger partial charge in [-0.2, -0.15) is 0 Å². The molecule has 2 aliphatic rings. The Morgan fingerprint density at radius 3 is 2.61 bits per heavy atom. The molecule has 41 heavy (non-hydrogen) atoms. The summed E-state index contributed by atoms with van der Waals surface area (Å²) >= 11 is 0. The van der Waals surface area contributed by atoms with Crippen LogP contribution in [-0.2, 0) is 21.4 Å². The minimum absolute atomic E-state index is 0.0507. The largest absolute Gasteiger partial charge is 0.507 e. The van der Waals surface area contributed by atoms with E-state index in [1.165, 1.54) is 10.6 Å². The van der Waals surface area contributed by atoms with Gasteiger partial charge in [-0.15, -0.1) is 0 Å². The van der Waals surface area contributed by atoms with E-state index in [4.69, 9.17) is 14.2 Å². The standard InChI is InChI=1S/C32H33NO8/c1-18-8-7-11-21(34)10-6-4-5-9-20-15-26-29(30(36)28(20)32(38)40-18)23(17-27(35)41-26)24-14-19-12-13-22(39-3)16-25(19)33(2)31(24)37/h5,9,12-16,18,23,36H,4,6-8,10-11,17H2,1-3H3/b9-5+. The summed E-state index contributed by atoms with van der Waals surface area (Å²) < 4.78 is 18.0. The van der Waals surface area contributed by atoms with Crippen molar-refractivity contribution in [1.29, 1.82) is 0 Å². The van der Waals surface area contributed by atoms with Gasteiger partial charge in [0.05, 0.1) is 25.2 Å². The van der Waals surface area contributed by atoms with Crippen LogP contribution in [0.1, 0.15) is 84.8 Å². The molecular weight excluding hydrogens is 526 g/mol. The van der Waals surface area contributed by atoms with Crippen molar-refractivity contribution in [3.63, 3.8) is 0 Å². The second kappa shape index (κ2) is 11.6. The van der Waals surface area contributed by atoms with E-state index in [9.17, 15) is 24.3 Å². The van der Waals surface area contributed by atoms with Crippen LogP contribution in [0.25, 0.3) is 17.0 Å². The first-order valence-electron chi connectivity index (χ1n) is 13.8. The van der Waals surface area contributed by atoms with Gasteiger partial charge >= 0.3 is 11.9 Å². The number of nitrogens with zero attached hydrogens (tertiary/aromatic N) is 1. The van der Waals surface area contributed by atoms with Crippen LogP contribution in [0.15, 0.2) is 41.2 Å². The quantitative estimate of drug-likeness (QED) is 0.337. The van der Waals surface area contributed by atoms with Gasteiger partial charge in [-0.3, -0.25) is 14.4 Å². The lowest BCUT2D eigenvalue weighted by molar-refractivity contribution is -0.135. The predicted octanol–water partition coefficient (Wildman–Crippen LogP) is 5.18. The van der Waals surface area contributed by atoms with Crippen molar-refractivity contribution < 1.29 is 33.7 Å². The van der Waals surface area contributed by atoms with E-state index in [0.717, 1.165) is 5.39 Å². The first kappa shape index (κ1) is 28.1. The molecule has 3 aromatic rings. The number of carbonyl (C=O) groups is 3. The number of hydrogen-bond acceptors (Lipinski definition) is 8. The van der Waals surface area contributed by atoms with Gasteiger partial charge in [0, 0.05) is 43.0 Å². The van der Waals surface area contributed by atoms with E-state index in [1.54, 1.807) is 45.4 Å². The summed E-state index contributed by atoms with van der Waals surface area (Å²) in [4.78, 5) is 51.9. The maximum Gasteiger partial charge on any atom is 0.342 e. The number of ketones is 1. The van der Waals surface area contributed by atoms with Gasteiger partial charge in [0.2, 0.25) is 0 Å². The normalized spacial score (nSPS) is 20.8. The van der Waals surface area contributed by atoms with Crippen LogP contribution in [0.2, 0.25) is 0 Å². The van der Waals surface area contributed by atoms with Crippen molar-refractivity contribution in [2.24, 2.45) is 7.05 Å². The maximum atomic E-state index is 13.6. The number of allylic oxidation sites excluding steroid dienone is 1. The molecule has 9 heteroatoms. The van der Waals surface area contributed by atoms with Crippen molar-refractivity contribution in [2.45, 2.75) is 63.9 Å². The Labute approximate surface area is 237 Å². The monoisotopic (exact) mass is 559 g/mol. The lowest BCUT2D eigenvalue weighted by Crippen LogP contribution is -2.29. The first-order valence-corrected chi connectivity index (χ1v) is 13.8. The molecule has 0 saturated carbocycles. The number of ether oxygens (including phenoxy) is 3. The van der Waals surface area contributed by atoms with E-state index in [-0.39, 0.29) is 40.4 Å². The summed E-state index contributed by atoms with van der Waals surface area (Å²) in [6.07, 6.45) is 6.07. The number of cyclic esters (lactones) is 1. The van der Waals surface area contributed by atoms with E-state index in [0.29, 0.717) is 60.9 Å². The van der Waals surface area contributed by atoms with Gasteiger partial charge in [0.25, 0.3) is 5.56 Å². The highest BCUT2D eigenvalue weighted by molar-refractivity contribution is 5.99. The van der Waals surface area contributed by atoms with Gasteiger partial charge in [-0.1, -0.05) is 12.2 Å². The molecule has 214 valence electrons. The first-order chi connectivity index (χ1) is 19.7. The maximum absolute atomic E-state index is 13.6. The number of phenols is 1. The molecule has 0 radical (unpaired) electrons. The number of methoxy groups -OCH3 is 1. The second-order valence-corrected chi connectivity index (χ2v) is 10.7. The van der Waals surface area contributed by atoms with Gasteiger partial charge in [-0.25, -0.2) is 4.79 Å². The number of fused-ring (bicyclic) bond motifs is 3.